The van der Waals surface area contributed by atoms with Gasteiger partial charge in [-0.15, -0.1) is 0 Å². The highest BCUT2D eigenvalue weighted by Crippen LogP contribution is 2.73. The monoisotopic (exact) mass is 524 g/mol. The molecule has 0 aromatic carbocycles. The molecule has 5 saturated carbocycles. The fourth-order valence-corrected chi connectivity index (χ4v) is 11.7. The summed E-state index contributed by atoms with van der Waals surface area (Å²) in [6.07, 6.45) is 13.6. The summed E-state index contributed by atoms with van der Waals surface area (Å²) in [5.74, 6) is 2.85. The van der Waals surface area contributed by atoms with Crippen molar-refractivity contribution in [3.05, 3.63) is 24.3 Å². The first kappa shape index (κ1) is 28.1. The third kappa shape index (κ3) is 3.93. The Morgan fingerprint density at radius 2 is 1.58 bits per heavy atom. The van der Waals surface area contributed by atoms with Gasteiger partial charge in [-0.05, 0) is 136 Å². The third-order valence-corrected chi connectivity index (χ3v) is 13.3. The Hall–Kier alpha value is -1.42. The number of hydrogen-bond donors (Lipinski definition) is 1. The molecule has 5 aliphatic carbocycles. The van der Waals surface area contributed by atoms with Crippen LogP contribution in [0.4, 0.5) is 0 Å². The van der Waals surface area contributed by atoms with Gasteiger partial charge in [-0.1, -0.05) is 39.8 Å². The minimum Gasteiger partial charge on any atom is -0.463 e. The first-order valence-electron chi connectivity index (χ1n) is 15.6. The summed E-state index contributed by atoms with van der Waals surface area (Å²) < 4.78 is 5.07. The molecule has 1 N–H and O–H groups in total. The van der Waals surface area contributed by atoms with Gasteiger partial charge in [-0.3, -0.25) is 4.79 Å². The molecule has 4 nitrogen and oxygen atoms in total. The fourth-order valence-electron chi connectivity index (χ4n) is 11.7. The summed E-state index contributed by atoms with van der Waals surface area (Å²) in [4.78, 5) is 25.9. The molecule has 0 aromatic heterocycles. The summed E-state index contributed by atoms with van der Waals surface area (Å²) in [6, 6.07) is 0. The van der Waals surface area contributed by atoms with E-state index >= 15 is 0 Å². The molecule has 0 aromatic rings. The zero-order chi connectivity index (χ0) is 27.7. The van der Waals surface area contributed by atoms with Crippen molar-refractivity contribution in [1.29, 1.82) is 0 Å². The number of rotatable bonds is 5. The summed E-state index contributed by atoms with van der Waals surface area (Å²) in [5, 5.41) is 10.9. The maximum Gasteiger partial charge on any atom is 0.330 e. The lowest BCUT2D eigenvalue weighted by atomic mass is 9.36. The van der Waals surface area contributed by atoms with E-state index in [1.54, 1.807) is 13.0 Å². The van der Waals surface area contributed by atoms with Crippen LogP contribution in [0.5, 0.6) is 0 Å². The zero-order valence-electron chi connectivity index (χ0n) is 24.9. The van der Waals surface area contributed by atoms with Gasteiger partial charge in [0, 0.05) is 11.5 Å². The van der Waals surface area contributed by atoms with E-state index in [4.69, 9.17) is 4.74 Å². The second-order valence-corrected chi connectivity index (χ2v) is 15.0. The van der Waals surface area contributed by atoms with Crippen LogP contribution in [0.25, 0.3) is 0 Å². The van der Waals surface area contributed by atoms with Gasteiger partial charge >= 0.3 is 5.97 Å². The largest absolute Gasteiger partial charge is 0.463 e. The Labute approximate surface area is 231 Å². The maximum absolute atomic E-state index is 13.9. The van der Waals surface area contributed by atoms with Crippen molar-refractivity contribution < 1.29 is 19.4 Å². The van der Waals surface area contributed by atoms with Gasteiger partial charge in [-0.25, -0.2) is 4.79 Å². The molecule has 10 atom stereocenters. The number of ketones is 1. The van der Waals surface area contributed by atoms with Crippen molar-refractivity contribution in [3.8, 4) is 0 Å². The van der Waals surface area contributed by atoms with Gasteiger partial charge in [-0.2, -0.15) is 0 Å². The van der Waals surface area contributed by atoms with Crippen LogP contribution < -0.4 is 0 Å². The van der Waals surface area contributed by atoms with Crippen molar-refractivity contribution >= 4 is 11.8 Å². The molecule has 0 spiro atoms. The highest BCUT2D eigenvalue weighted by atomic mass is 16.5. The van der Waals surface area contributed by atoms with Crippen LogP contribution in [0, 0.1) is 57.2 Å². The highest BCUT2D eigenvalue weighted by molar-refractivity contribution is 5.99. The van der Waals surface area contributed by atoms with Crippen molar-refractivity contribution in [2.75, 3.05) is 6.61 Å². The maximum atomic E-state index is 13.9. The average molecular weight is 525 g/mol. The molecule has 0 saturated heterocycles. The van der Waals surface area contributed by atoms with Gasteiger partial charge < -0.3 is 9.84 Å². The summed E-state index contributed by atoms with van der Waals surface area (Å²) in [7, 11) is 0. The summed E-state index contributed by atoms with van der Waals surface area (Å²) >= 11 is 0. The molecule has 0 heterocycles. The van der Waals surface area contributed by atoms with Crippen LogP contribution >= 0.6 is 0 Å². The Balaban J connectivity index is 1.47. The number of aliphatic hydroxyl groups excluding tert-OH is 1. The van der Waals surface area contributed by atoms with E-state index in [1.807, 2.05) is 0 Å². The van der Waals surface area contributed by atoms with Crippen molar-refractivity contribution in [2.24, 2.45) is 57.2 Å². The molecular formula is C34H52O4. The molecule has 0 bridgehead atoms. The smallest absolute Gasteiger partial charge is 0.330 e. The lowest BCUT2D eigenvalue weighted by Gasteiger charge is -2.69. The second-order valence-electron chi connectivity index (χ2n) is 15.0. The van der Waals surface area contributed by atoms with Gasteiger partial charge in [0.2, 0.25) is 0 Å². The molecule has 5 rings (SSSR count). The van der Waals surface area contributed by atoms with E-state index in [0.717, 1.165) is 38.5 Å². The van der Waals surface area contributed by atoms with Gasteiger partial charge in [0.05, 0.1) is 12.7 Å². The Kier molecular flexibility index (Phi) is 7.10. The highest BCUT2D eigenvalue weighted by Gasteiger charge is 2.67. The SMILES string of the molecule is C=C(C)C1CC[C@]2(C(=O)/C=C/C(=O)OCC)CCC3C(CCC4[C@@]3(C)CCC3C(C)(C)[C@H](O)CC[C@@]34C)C12. The van der Waals surface area contributed by atoms with E-state index in [9.17, 15) is 14.7 Å². The van der Waals surface area contributed by atoms with Gasteiger partial charge in [0.15, 0.2) is 5.78 Å². The van der Waals surface area contributed by atoms with Crippen LogP contribution in [-0.4, -0.2) is 29.6 Å². The first-order valence-corrected chi connectivity index (χ1v) is 15.6. The van der Waals surface area contributed by atoms with Crippen molar-refractivity contribution in [2.45, 2.75) is 112 Å². The number of allylic oxidation sites excluding steroid dienone is 2. The van der Waals surface area contributed by atoms with E-state index in [1.165, 1.54) is 37.3 Å². The van der Waals surface area contributed by atoms with Gasteiger partial charge in [0.25, 0.3) is 0 Å². The molecule has 5 fully saturated rings. The quantitative estimate of drug-likeness (QED) is 0.233. The molecule has 5 aliphatic rings. The molecular weight excluding hydrogens is 472 g/mol. The zero-order valence-corrected chi connectivity index (χ0v) is 24.9. The average Bonchev–Trinajstić information content (AvgIpc) is 3.27. The van der Waals surface area contributed by atoms with E-state index in [0.29, 0.717) is 42.1 Å². The predicted octanol–water partition coefficient (Wildman–Crippen LogP) is 7.30. The van der Waals surface area contributed by atoms with E-state index in [-0.39, 0.29) is 33.5 Å². The van der Waals surface area contributed by atoms with Crippen LogP contribution in [-0.2, 0) is 14.3 Å². The van der Waals surface area contributed by atoms with Crippen molar-refractivity contribution in [1.82, 2.24) is 0 Å². The first-order chi connectivity index (χ1) is 17.8. The van der Waals surface area contributed by atoms with Gasteiger partial charge in [0.1, 0.15) is 0 Å². The molecule has 38 heavy (non-hydrogen) atoms. The number of hydrogen-bond acceptors (Lipinski definition) is 4. The predicted molar refractivity (Wildman–Crippen MR) is 151 cm³/mol. The minimum atomic E-state index is -0.421. The second kappa shape index (κ2) is 9.60. The number of aliphatic hydroxyl groups is 1. The summed E-state index contributed by atoms with van der Waals surface area (Å²) in [5.41, 5.74) is 1.39. The molecule has 6 unspecified atom stereocenters. The minimum absolute atomic E-state index is 0.0267. The van der Waals surface area contributed by atoms with Crippen LogP contribution in [0.2, 0.25) is 0 Å². The van der Waals surface area contributed by atoms with Crippen molar-refractivity contribution in [3.63, 3.8) is 0 Å². The molecule has 212 valence electrons. The number of esters is 1. The molecule has 0 radical (unpaired) electrons. The summed E-state index contributed by atoms with van der Waals surface area (Å²) in [6.45, 7) is 18.5. The Morgan fingerprint density at radius 1 is 0.895 bits per heavy atom. The fraction of sp³-hybridized carbons (Fsp3) is 0.824. The van der Waals surface area contributed by atoms with Crippen LogP contribution in [0.15, 0.2) is 24.3 Å². The standard InChI is InChI=1S/C34H52O4/c1-8-38-29(37)12-11-28(36)34-19-13-22(21(2)3)30(34)23-9-10-26-32(6,24(23)14-20-34)17-15-25-31(4,5)27(35)16-18-33(25,26)7/h11-12,22-27,30,35H,2,8-10,13-20H2,1,3-7H3/b12-11+/t22?,23?,24?,25?,26?,27-,30?,32+,33+,34-/m1/s1. The Bertz CT molecular complexity index is 1010. The molecule has 0 amide bonds. The van der Waals surface area contributed by atoms with E-state index in [2.05, 4.69) is 41.2 Å². The lowest BCUT2D eigenvalue weighted by Crippen LogP contribution is -2.63. The topological polar surface area (TPSA) is 63.6 Å². The number of fused-ring (bicyclic) bond motifs is 7. The molecule has 4 heteroatoms. The number of carbonyl (C=O) groups excluding carboxylic acids is 2. The van der Waals surface area contributed by atoms with Crippen LogP contribution in [0.3, 0.4) is 0 Å². The lowest BCUT2D eigenvalue weighted by molar-refractivity contribution is -0.215. The third-order valence-electron chi connectivity index (χ3n) is 13.3. The van der Waals surface area contributed by atoms with E-state index < -0.39 is 5.97 Å². The number of carbonyl (C=O) groups is 2. The number of ether oxygens (including phenoxy) is 1. The molecule has 0 aliphatic heterocycles. The Morgan fingerprint density at radius 3 is 2.26 bits per heavy atom. The normalized spacial score (nSPS) is 47.4. The van der Waals surface area contributed by atoms with Crippen LogP contribution in [0.1, 0.15) is 106 Å².